The zero-order valence-corrected chi connectivity index (χ0v) is 18.9. The molecule has 2 aromatic carbocycles. The molecule has 1 aliphatic heterocycles. The van der Waals surface area contributed by atoms with Gasteiger partial charge in [-0.2, -0.15) is 0 Å². The van der Waals surface area contributed by atoms with Crippen LogP contribution in [0.3, 0.4) is 0 Å². The Morgan fingerprint density at radius 2 is 1.71 bits per heavy atom. The van der Waals surface area contributed by atoms with Crippen molar-refractivity contribution in [3.63, 3.8) is 0 Å². The third kappa shape index (κ3) is 3.29. The molecule has 0 radical (unpaired) electrons. The van der Waals surface area contributed by atoms with Crippen molar-refractivity contribution < 1.29 is 24.2 Å². The molecule has 7 heteroatoms. The number of carboxylic acids is 1. The number of fused-ring (bicyclic) bond motifs is 4. The van der Waals surface area contributed by atoms with Crippen molar-refractivity contribution in [2.75, 3.05) is 19.7 Å². The molecule has 7 nitrogen and oxygen atoms in total. The largest absolute Gasteiger partial charge is 0.481 e. The molecule has 0 spiro atoms. The van der Waals surface area contributed by atoms with Gasteiger partial charge in [0, 0.05) is 25.0 Å². The zero-order chi connectivity index (χ0) is 23.4. The Labute approximate surface area is 198 Å². The Morgan fingerprint density at radius 3 is 2.35 bits per heavy atom. The number of nitrogens with zero attached hydrogens (tertiary/aromatic N) is 1. The molecule has 2 N–H and O–H groups in total. The van der Waals surface area contributed by atoms with E-state index in [1.54, 1.807) is 4.90 Å². The van der Waals surface area contributed by atoms with E-state index in [1.807, 2.05) is 24.3 Å². The van der Waals surface area contributed by atoms with Gasteiger partial charge >= 0.3 is 12.1 Å². The van der Waals surface area contributed by atoms with E-state index in [2.05, 4.69) is 29.6 Å². The number of carbonyl (C=O) groups is 3. The van der Waals surface area contributed by atoms with Crippen molar-refractivity contribution in [1.82, 2.24) is 10.2 Å². The van der Waals surface area contributed by atoms with Gasteiger partial charge in [0.05, 0.1) is 11.3 Å². The summed E-state index contributed by atoms with van der Waals surface area (Å²) < 4.78 is 5.67. The van der Waals surface area contributed by atoms with E-state index >= 15 is 0 Å². The molecule has 4 aliphatic rings. The molecule has 4 atom stereocenters. The maximum absolute atomic E-state index is 13.2. The van der Waals surface area contributed by atoms with Crippen LogP contribution >= 0.6 is 0 Å². The number of ether oxygens (including phenoxy) is 1. The first kappa shape index (κ1) is 21.2. The van der Waals surface area contributed by atoms with Crippen LogP contribution in [0.25, 0.3) is 11.1 Å². The molecule has 4 unspecified atom stereocenters. The summed E-state index contributed by atoms with van der Waals surface area (Å²) in [7, 11) is 0. The fourth-order valence-electron chi connectivity index (χ4n) is 6.44. The summed E-state index contributed by atoms with van der Waals surface area (Å²) in [4.78, 5) is 39.2. The number of hydrogen-bond donors (Lipinski definition) is 2. The van der Waals surface area contributed by atoms with Gasteiger partial charge in [0.25, 0.3) is 0 Å². The Bertz CT molecular complexity index is 1130. The Kier molecular flexibility index (Phi) is 4.90. The topological polar surface area (TPSA) is 95.9 Å². The van der Waals surface area contributed by atoms with Gasteiger partial charge in [-0.3, -0.25) is 9.59 Å². The minimum atomic E-state index is -0.799. The van der Waals surface area contributed by atoms with Gasteiger partial charge in [-0.1, -0.05) is 55.0 Å². The molecule has 34 heavy (non-hydrogen) atoms. The summed E-state index contributed by atoms with van der Waals surface area (Å²) in [5, 5.41) is 12.4. The lowest BCUT2D eigenvalue weighted by Crippen LogP contribution is -2.46. The molecule has 2 aromatic rings. The van der Waals surface area contributed by atoms with E-state index in [-0.39, 0.29) is 36.3 Å². The van der Waals surface area contributed by atoms with Crippen molar-refractivity contribution in [3.8, 4) is 11.1 Å². The fraction of sp³-hybridized carbons (Fsp3) is 0.444. The summed E-state index contributed by atoms with van der Waals surface area (Å²) >= 11 is 0. The monoisotopic (exact) mass is 460 g/mol. The number of aliphatic carboxylic acids is 1. The van der Waals surface area contributed by atoms with E-state index in [0.717, 1.165) is 24.0 Å². The summed E-state index contributed by atoms with van der Waals surface area (Å²) in [6.45, 7) is 1.04. The lowest BCUT2D eigenvalue weighted by Gasteiger charge is -2.27. The van der Waals surface area contributed by atoms with Gasteiger partial charge in [-0.05, 0) is 47.4 Å². The number of carboxylic acid groups (broad SMARTS) is 1. The Hall–Kier alpha value is -3.35. The van der Waals surface area contributed by atoms with Crippen LogP contribution in [0.1, 0.15) is 42.7 Å². The maximum atomic E-state index is 13.2. The van der Waals surface area contributed by atoms with Crippen LogP contribution in [0.4, 0.5) is 4.79 Å². The van der Waals surface area contributed by atoms with Crippen molar-refractivity contribution in [2.24, 2.45) is 17.3 Å². The first-order valence-corrected chi connectivity index (χ1v) is 12.1. The predicted octanol–water partition coefficient (Wildman–Crippen LogP) is 3.63. The second kappa shape index (κ2) is 7.86. The molecular formula is C27H28N2O5. The third-order valence-electron chi connectivity index (χ3n) is 8.36. The highest BCUT2D eigenvalue weighted by Crippen LogP contribution is 2.58. The highest BCUT2D eigenvalue weighted by molar-refractivity contribution is 5.86. The second-order valence-electron chi connectivity index (χ2n) is 10.2. The van der Waals surface area contributed by atoms with Crippen molar-refractivity contribution in [2.45, 2.75) is 37.6 Å². The van der Waals surface area contributed by atoms with Gasteiger partial charge < -0.3 is 20.1 Å². The van der Waals surface area contributed by atoms with Crippen LogP contribution in [0.2, 0.25) is 0 Å². The van der Waals surface area contributed by atoms with Gasteiger partial charge in [0.15, 0.2) is 0 Å². The van der Waals surface area contributed by atoms with Gasteiger partial charge in [-0.15, -0.1) is 0 Å². The summed E-state index contributed by atoms with van der Waals surface area (Å²) in [5.41, 5.74) is 3.94. The van der Waals surface area contributed by atoms with Crippen LogP contribution in [-0.4, -0.2) is 53.7 Å². The van der Waals surface area contributed by atoms with Crippen molar-refractivity contribution in [3.05, 3.63) is 59.7 Å². The number of rotatable bonds is 5. The predicted molar refractivity (Wildman–Crippen MR) is 124 cm³/mol. The number of likely N-dealkylation sites (tertiary alicyclic amines) is 1. The molecule has 3 aliphatic carbocycles. The number of alkyl carbamates (subject to hydrolysis) is 1. The minimum absolute atomic E-state index is 0.0114. The van der Waals surface area contributed by atoms with Crippen molar-refractivity contribution in [1.29, 1.82) is 0 Å². The number of amides is 2. The highest BCUT2D eigenvalue weighted by atomic mass is 16.5. The van der Waals surface area contributed by atoms with Crippen LogP contribution in [0, 0.1) is 17.3 Å². The lowest BCUT2D eigenvalue weighted by atomic mass is 9.98. The Morgan fingerprint density at radius 1 is 1.03 bits per heavy atom. The molecule has 0 aromatic heterocycles. The molecule has 3 fully saturated rings. The first-order valence-electron chi connectivity index (χ1n) is 12.1. The molecule has 6 rings (SSSR count). The smallest absolute Gasteiger partial charge is 0.407 e. The number of carbonyl (C=O) groups excluding carboxylic acids is 2. The summed E-state index contributed by atoms with van der Waals surface area (Å²) in [6.07, 6.45) is 2.44. The van der Waals surface area contributed by atoms with Crippen LogP contribution in [0.5, 0.6) is 0 Å². The van der Waals surface area contributed by atoms with Gasteiger partial charge in [-0.25, -0.2) is 4.79 Å². The zero-order valence-electron chi connectivity index (χ0n) is 18.9. The van der Waals surface area contributed by atoms with Crippen LogP contribution < -0.4 is 5.32 Å². The summed E-state index contributed by atoms with van der Waals surface area (Å²) in [5.74, 6) is -1.09. The third-order valence-corrected chi connectivity index (χ3v) is 8.36. The molecule has 2 saturated carbocycles. The fourth-order valence-corrected chi connectivity index (χ4v) is 6.44. The standard InChI is InChI=1S/C27H28N2O5/c30-24(29-13-16-12-27(16,15-29)25(31)32)21-10-5-11-23(21)28-26(33)34-14-22-19-8-3-1-6-17(19)18-7-2-4-9-20(18)22/h1-4,6-9,16,21-23H,5,10-15H2,(H,28,33)(H,31,32). The average Bonchev–Trinajstić information content (AvgIpc) is 3.16. The minimum Gasteiger partial charge on any atom is -0.481 e. The second-order valence-corrected chi connectivity index (χ2v) is 10.2. The highest BCUT2D eigenvalue weighted by Gasteiger charge is 2.66. The molecule has 0 bridgehead atoms. The van der Waals surface area contributed by atoms with E-state index in [4.69, 9.17) is 4.74 Å². The first-order chi connectivity index (χ1) is 16.5. The van der Waals surface area contributed by atoms with Crippen molar-refractivity contribution >= 4 is 18.0 Å². The van der Waals surface area contributed by atoms with E-state index in [1.165, 1.54) is 11.1 Å². The van der Waals surface area contributed by atoms with Crippen LogP contribution in [0.15, 0.2) is 48.5 Å². The van der Waals surface area contributed by atoms with E-state index in [0.29, 0.717) is 25.9 Å². The molecular weight excluding hydrogens is 432 g/mol. The molecule has 1 heterocycles. The molecule has 2 amide bonds. The van der Waals surface area contributed by atoms with Gasteiger partial charge in [0.2, 0.25) is 5.91 Å². The number of benzene rings is 2. The number of piperidine rings is 1. The quantitative estimate of drug-likeness (QED) is 0.711. The average molecular weight is 461 g/mol. The lowest BCUT2D eigenvalue weighted by molar-refractivity contribution is -0.144. The SMILES string of the molecule is O=C(NC1CCCC1C(=O)N1CC2CC2(C(=O)O)C1)OCC1c2ccccc2-c2ccccc21. The van der Waals surface area contributed by atoms with E-state index in [9.17, 15) is 19.5 Å². The van der Waals surface area contributed by atoms with Crippen LogP contribution in [-0.2, 0) is 14.3 Å². The maximum Gasteiger partial charge on any atom is 0.407 e. The van der Waals surface area contributed by atoms with Gasteiger partial charge in [0.1, 0.15) is 6.61 Å². The molecule has 176 valence electrons. The Balaban J connectivity index is 1.08. The number of nitrogens with one attached hydrogen (secondary N) is 1. The summed E-state index contributed by atoms with van der Waals surface area (Å²) in [6, 6.07) is 16.1. The number of hydrogen-bond acceptors (Lipinski definition) is 4. The van der Waals surface area contributed by atoms with E-state index < -0.39 is 17.5 Å². The normalized spacial score (nSPS) is 28.7. The molecule has 1 saturated heterocycles.